The zero-order valence-corrected chi connectivity index (χ0v) is 16.6. The number of rotatable bonds is 5. The van der Waals surface area contributed by atoms with Gasteiger partial charge < -0.3 is 5.32 Å². The van der Waals surface area contributed by atoms with Crippen LogP contribution in [0.3, 0.4) is 0 Å². The van der Waals surface area contributed by atoms with Gasteiger partial charge in [-0.25, -0.2) is 4.98 Å². The standard InChI is InChI=1S/C22H23N3O2S/c1-15(20(26)23-16-9-5-6-10-16)28-22-24-19-14-8-7-13-18(19)21(27)25(22)17-11-3-2-4-12-17/h2-4,7-8,11-16H,5-6,9-10H2,1H3,(H,23,26)/t15-/m0/s1. The number of carbonyl (C=O) groups is 1. The second kappa shape index (κ2) is 8.19. The third-order valence-corrected chi connectivity index (χ3v) is 6.16. The molecule has 5 nitrogen and oxygen atoms in total. The lowest BCUT2D eigenvalue weighted by Crippen LogP contribution is -2.38. The first-order valence-corrected chi connectivity index (χ1v) is 10.6. The number of amides is 1. The highest BCUT2D eigenvalue weighted by Gasteiger charge is 2.23. The molecule has 0 aliphatic heterocycles. The number of para-hydroxylation sites is 2. The molecule has 2 aromatic carbocycles. The Morgan fingerprint density at radius 1 is 1.11 bits per heavy atom. The summed E-state index contributed by atoms with van der Waals surface area (Å²) in [4.78, 5) is 30.6. The van der Waals surface area contributed by atoms with E-state index in [4.69, 9.17) is 4.98 Å². The number of hydrogen-bond donors (Lipinski definition) is 1. The van der Waals surface area contributed by atoms with Crippen molar-refractivity contribution in [1.82, 2.24) is 14.9 Å². The van der Waals surface area contributed by atoms with Crippen LogP contribution in [0.1, 0.15) is 32.6 Å². The molecule has 0 bridgehead atoms. The van der Waals surface area contributed by atoms with Crippen molar-refractivity contribution >= 4 is 28.6 Å². The molecule has 1 fully saturated rings. The van der Waals surface area contributed by atoms with Gasteiger partial charge >= 0.3 is 0 Å². The van der Waals surface area contributed by atoms with Crippen LogP contribution in [0, 0.1) is 0 Å². The third-order valence-electron chi connectivity index (χ3n) is 5.11. The van der Waals surface area contributed by atoms with E-state index in [1.54, 1.807) is 10.6 Å². The first-order chi connectivity index (χ1) is 13.6. The summed E-state index contributed by atoms with van der Waals surface area (Å²) in [6.07, 6.45) is 4.44. The lowest BCUT2D eigenvalue weighted by Gasteiger charge is -2.18. The molecule has 1 amide bonds. The number of benzene rings is 2. The number of fused-ring (bicyclic) bond motifs is 1. The average Bonchev–Trinajstić information content (AvgIpc) is 3.22. The van der Waals surface area contributed by atoms with Crippen molar-refractivity contribution in [3.05, 3.63) is 65.0 Å². The molecule has 1 heterocycles. The minimum absolute atomic E-state index is 0.00100. The average molecular weight is 394 g/mol. The van der Waals surface area contributed by atoms with Gasteiger partial charge in [-0.3, -0.25) is 14.2 Å². The molecule has 1 N–H and O–H groups in total. The van der Waals surface area contributed by atoms with Gasteiger partial charge in [0.15, 0.2) is 5.16 Å². The van der Waals surface area contributed by atoms with Crippen molar-refractivity contribution in [3.8, 4) is 5.69 Å². The van der Waals surface area contributed by atoms with E-state index in [1.165, 1.54) is 24.6 Å². The molecule has 0 radical (unpaired) electrons. The van der Waals surface area contributed by atoms with E-state index in [0.29, 0.717) is 16.1 Å². The lowest BCUT2D eigenvalue weighted by molar-refractivity contribution is -0.120. The summed E-state index contributed by atoms with van der Waals surface area (Å²) in [5.41, 5.74) is 1.27. The summed E-state index contributed by atoms with van der Waals surface area (Å²) >= 11 is 1.33. The van der Waals surface area contributed by atoms with E-state index in [-0.39, 0.29) is 22.8 Å². The molecule has 0 unspecified atom stereocenters. The van der Waals surface area contributed by atoms with Crippen molar-refractivity contribution in [2.45, 2.75) is 49.1 Å². The van der Waals surface area contributed by atoms with Crippen molar-refractivity contribution in [2.75, 3.05) is 0 Å². The van der Waals surface area contributed by atoms with Crippen LogP contribution in [-0.4, -0.2) is 26.8 Å². The zero-order valence-electron chi connectivity index (χ0n) is 15.8. The Balaban J connectivity index is 1.70. The van der Waals surface area contributed by atoms with Crippen LogP contribution in [0.4, 0.5) is 0 Å². The second-order valence-corrected chi connectivity index (χ2v) is 8.45. The number of thioether (sulfide) groups is 1. The summed E-state index contributed by atoms with van der Waals surface area (Å²) in [6, 6.07) is 17.1. The molecule has 1 atom stereocenters. The Kier molecular flexibility index (Phi) is 5.48. The third kappa shape index (κ3) is 3.83. The maximum atomic E-state index is 13.2. The molecule has 28 heavy (non-hydrogen) atoms. The van der Waals surface area contributed by atoms with Crippen LogP contribution in [0.2, 0.25) is 0 Å². The molecule has 144 valence electrons. The largest absolute Gasteiger partial charge is 0.352 e. The van der Waals surface area contributed by atoms with Crippen LogP contribution >= 0.6 is 11.8 Å². The summed E-state index contributed by atoms with van der Waals surface area (Å²) in [5, 5.41) is 3.89. The maximum absolute atomic E-state index is 13.2. The second-order valence-electron chi connectivity index (χ2n) is 7.14. The topological polar surface area (TPSA) is 64.0 Å². The normalized spacial score (nSPS) is 15.6. The van der Waals surface area contributed by atoms with Gasteiger partial charge in [0.1, 0.15) is 0 Å². The first-order valence-electron chi connectivity index (χ1n) is 9.68. The monoisotopic (exact) mass is 393 g/mol. The van der Waals surface area contributed by atoms with E-state index in [0.717, 1.165) is 18.5 Å². The highest BCUT2D eigenvalue weighted by Crippen LogP contribution is 2.26. The van der Waals surface area contributed by atoms with Crippen molar-refractivity contribution in [2.24, 2.45) is 0 Å². The Labute approximate surface area is 168 Å². The Hall–Kier alpha value is -2.60. The van der Waals surface area contributed by atoms with Crippen molar-refractivity contribution in [3.63, 3.8) is 0 Å². The smallest absolute Gasteiger partial charge is 0.266 e. The fraction of sp³-hybridized carbons (Fsp3) is 0.318. The van der Waals surface area contributed by atoms with Gasteiger partial charge in [-0.15, -0.1) is 0 Å². The first kappa shape index (κ1) is 18.7. The summed E-state index contributed by atoms with van der Waals surface area (Å²) in [6.45, 7) is 1.87. The van der Waals surface area contributed by atoms with Gasteiger partial charge in [0.2, 0.25) is 5.91 Å². The van der Waals surface area contributed by atoms with Crippen LogP contribution in [0.5, 0.6) is 0 Å². The van der Waals surface area contributed by atoms with Crippen LogP contribution in [-0.2, 0) is 4.79 Å². The Morgan fingerprint density at radius 2 is 1.79 bits per heavy atom. The summed E-state index contributed by atoms with van der Waals surface area (Å²) < 4.78 is 1.60. The van der Waals surface area contributed by atoms with E-state index in [2.05, 4.69) is 5.32 Å². The van der Waals surface area contributed by atoms with Crippen molar-refractivity contribution < 1.29 is 4.79 Å². The predicted octanol–water partition coefficient (Wildman–Crippen LogP) is 3.93. The number of hydrogen-bond acceptors (Lipinski definition) is 4. The molecular formula is C22H23N3O2S. The highest BCUT2D eigenvalue weighted by atomic mass is 32.2. The fourth-order valence-corrected chi connectivity index (χ4v) is 4.53. The number of carbonyl (C=O) groups excluding carboxylic acids is 1. The van der Waals surface area contributed by atoms with Gasteiger partial charge in [0.05, 0.1) is 21.8 Å². The van der Waals surface area contributed by atoms with Crippen LogP contribution in [0.25, 0.3) is 16.6 Å². The molecular weight excluding hydrogens is 370 g/mol. The van der Waals surface area contributed by atoms with Gasteiger partial charge in [0, 0.05) is 6.04 Å². The number of nitrogens with zero attached hydrogens (tertiary/aromatic N) is 2. The zero-order chi connectivity index (χ0) is 19.5. The minimum atomic E-state index is -0.344. The molecule has 0 saturated heterocycles. The van der Waals surface area contributed by atoms with E-state index < -0.39 is 0 Å². The minimum Gasteiger partial charge on any atom is -0.352 e. The Morgan fingerprint density at radius 3 is 2.54 bits per heavy atom. The molecule has 1 saturated carbocycles. The molecule has 3 aromatic rings. The van der Waals surface area contributed by atoms with Crippen molar-refractivity contribution in [1.29, 1.82) is 0 Å². The SMILES string of the molecule is C[C@H](Sc1nc2ccccc2c(=O)n1-c1ccccc1)C(=O)NC1CCCC1. The van der Waals surface area contributed by atoms with Gasteiger partial charge in [0.25, 0.3) is 5.56 Å². The van der Waals surface area contributed by atoms with Crippen LogP contribution < -0.4 is 10.9 Å². The molecule has 1 aliphatic carbocycles. The summed E-state index contributed by atoms with van der Waals surface area (Å²) in [7, 11) is 0. The quantitative estimate of drug-likeness (QED) is 0.527. The van der Waals surface area contributed by atoms with Crippen LogP contribution in [0.15, 0.2) is 64.5 Å². The van der Waals surface area contributed by atoms with Gasteiger partial charge in [-0.1, -0.05) is 54.9 Å². The Bertz CT molecular complexity index is 1040. The molecule has 0 spiro atoms. The number of nitrogens with one attached hydrogen (secondary N) is 1. The fourth-order valence-electron chi connectivity index (χ4n) is 3.60. The molecule has 1 aliphatic rings. The highest BCUT2D eigenvalue weighted by molar-refractivity contribution is 8.00. The molecule has 4 rings (SSSR count). The lowest BCUT2D eigenvalue weighted by atomic mass is 10.2. The van der Waals surface area contributed by atoms with Gasteiger partial charge in [-0.2, -0.15) is 0 Å². The summed E-state index contributed by atoms with van der Waals surface area (Å²) in [5.74, 6) is -0.00100. The molecule has 1 aromatic heterocycles. The van der Waals surface area contributed by atoms with E-state index >= 15 is 0 Å². The number of aromatic nitrogens is 2. The van der Waals surface area contributed by atoms with Gasteiger partial charge in [-0.05, 0) is 44.0 Å². The van der Waals surface area contributed by atoms with E-state index in [1.807, 2.05) is 55.5 Å². The molecule has 6 heteroatoms. The maximum Gasteiger partial charge on any atom is 0.266 e. The predicted molar refractivity (Wildman–Crippen MR) is 113 cm³/mol. The van der Waals surface area contributed by atoms with E-state index in [9.17, 15) is 9.59 Å².